The molecular weight excluding hydrogens is 1000 g/mol. The van der Waals surface area contributed by atoms with Gasteiger partial charge in [0.25, 0.3) is 28.9 Å². The third-order valence-electron chi connectivity index (χ3n) is 13.5. The predicted molar refractivity (Wildman–Crippen MR) is 274 cm³/mol. The van der Waals surface area contributed by atoms with Crippen molar-refractivity contribution < 1.29 is 62.9 Å². The molecular formula is C55H47N5O15S. The Bertz CT molecular complexity index is 3340. The smallest absolute Gasteiger partial charge is 0.352 e. The third kappa shape index (κ3) is 9.85. The summed E-state index contributed by atoms with van der Waals surface area (Å²) in [7, 11) is 1.33. The number of methoxy groups -OCH3 is 1. The van der Waals surface area contributed by atoms with Crippen LogP contribution in [0.2, 0.25) is 0 Å². The van der Waals surface area contributed by atoms with Crippen LogP contribution in [0.25, 0.3) is 5.57 Å². The van der Waals surface area contributed by atoms with Crippen molar-refractivity contribution in [3.63, 3.8) is 0 Å². The summed E-state index contributed by atoms with van der Waals surface area (Å²) in [5.74, 6) is -0.674. The molecule has 3 aliphatic heterocycles. The molecule has 1 spiro atoms. The number of carboxylic acid groups (broad SMARTS) is 1. The fourth-order valence-corrected chi connectivity index (χ4v) is 11.3. The number of carbonyl (C=O) groups excluding carboxylic acids is 3. The number of fused-ring (bicyclic) bond motifs is 3. The van der Waals surface area contributed by atoms with Crippen molar-refractivity contribution in [1.82, 2.24) is 15.5 Å². The van der Waals surface area contributed by atoms with Crippen LogP contribution in [0.3, 0.4) is 0 Å². The molecule has 2 aliphatic carbocycles. The second kappa shape index (κ2) is 20.5. The summed E-state index contributed by atoms with van der Waals surface area (Å²) in [6.07, 6.45) is 5.55. The number of non-ortho nitro benzene ring substituents is 2. The largest absolute Gasteiger partial charge is 0.492 e. The van der Waals surface area contributed by atoms with Crippen LogP contribution in [0.1, 0.15) is 51.0 Å². The normalized spacial score (nSPS) is 19.5. The van der Waals surface area contributed by atoms with E-state index in [1.807, 2.05) is 67.6 Å². The first kappa shape index (κ1) is 50.7. The van der Waals surface area contributed by atoms with Crippen molar-refractivity contribution in [2.75, 3.05) is 26.9 Å². The monoisotopic (exact) mass is 1050 g/mol. The first-order valence-corrected chi connectivity index (χ1v) is 24.8. The Balaban J connectivity index is 0.777. The zero-order valence-electron chi connectivity index (χ0n) is 40.7. The fraction of sp³-hybridized carbons (Fsp3) is 0.236. The summed E-state index contributed by atoms with van der Waals surface area (Å²) in [5, 5.41) is 48.1. The van der Waals surface area contributed by atoms with Crippen LogP contribution in [0.4, 0.5) is 11.4 Å². The van der Waals surface area contributed by atoms with E-state index in [1.54, 1.807) is 48.6 Å². The van der Waals surface area contributed by atoms with Crippen LogP contribution in [-0.2, 0) is 32.1 Å². The number of nitro groups is 2. The van der Waals surface area contributed by atoms with Crippen molar-refractivity contribution in [2.45, 2.75) is 54.7 Å². The number of rotatable bonds is 19. The van der Waals surface area contributed by atoms with Gasteiger partial charge in [0.15, 0.2) is 0 Å². The molecule has 5 aromatic carbocycles. The lowest BCUT2D eigenvalue weighted by Gasteiger charge is -2.57. The Labute approximate surface area is 437 Å². The van der Waals surface area contributed by atoms with Gasteiger partial charge in [-0.3, -0.25) is 39.5 Å². The minimum Gasteiger partial charge on any atom is -0.492 e. The molecule has 5 aromatic rings. The quantitative estimate of drug-likeness (QED) is 0.0212. The molecule has 76 heavy (non-hydrogen) atoms. The van der Waals surface area contributed by atoms with Crippen LogP contribution in [-0.4, -0.2) is 97.5 Å². The standard InChI is InChI=1S/C55H47N5O15S/c1-31-22-39(72-21-20-56-50(63)34-24-35(59(67)68)26-36(25-34)60(69)70)13-16-41(31)48-42-15-10-37(61)27-45(42)75-46-28-40(14-17-43(46)48)73-29-33-8-11-38(12-9-33)74-30-44-49(51(64)65)58-52(66)55(71-2,53(58)76-54(44)18-19-54)57-47(62)23-32-6-4-3-5-7-32/h3-17,22,24-28,37,53,61H,18-21,23,29-30H2,1-2H3,(H,56,63)(H,57,62)(H,64,65)/t37?,53-,55+/m1/s1. The highest BCUT2D eigenvalue weighted by molar-refractivity contribution is 8.02. The Hall–Kier alpha value is -8.79. The predicted octanol–water partition coefficient (Wildman–Crippen LogP) is 7.07. The molecule has 1 saturated carbocycles. The molecule has 0 aromatic heterocycles. The molecule has 3 heterocycles. The number of thioether (sulfide) groups is 1. The number of nitro benzene ring substituents is 2. The molecule has 2 fully saturated rings. The first-order chi connectivity index (χ1) is 36.6. The van der Waals surface area contributed by atoms with Gasteiger partial charge in [0, 0.05) is 52.3 Å². The van der Waals surface area contributed by atoms with Crippen LogP contribution in [0.15, 0.2) is 150 Å². The number of nitrogens with zero attached hydrogens (tertiary/aromatic N) is 3. The summed E-state index contributed by atoms with van der Waals surface area (Å²) in [6, 6.07) is 29.9. The van der Waals surface area contributed by atoms with Gasteiger partial charge in [0.2, 0.25) is 5.91 Å². The maximum atomic E-state index is 13.8. The van der Waals surface area contributed by atoms with E-state index in [1.165, 1.54) is 23.8 Å². The molecule has 5 aliphatic rings. The molecule has 10 rings (SSSR count). The molecule has 388 valence electrons. The fourth-order valence-electron chi connectivity index (χ4n) is 9.55. The Morgan fingerprint density at radius 2 is 1.51 bits per heavy atom. The van der Waals surface area contributed by atoms with Crippen LogP contribution in [0.5, 0.6) is 23.0 Å². The number of allylic oxidation sites excluding steroid dienone is 1. The van der Waals surface area contributed by atoms with Gasteiger partial charge in [0.1, 0.15) is 59.6 Å². The van der Waals surface area contributed by atoms with Gasteiger partial charge >= 0.3 is 5.97 Å². The van der Waals surface area contributed by atoms with Gasteiger partial charge in [0.05, 0.1) is 40.5 Å². The van der Waals surface area contributed by atoms with Gasteiger partial charge in [-0.05, 0) is 84.5 Å². The van der Waals surface area contributed by atoms with E-state index in [-0.39, 0.29) is 44.0 Å². The average molecular weight is 1050 g/mol. The number of aliphatic hydroxyl groups is 1. The number of ether oxygens (including phenoxy) is 5. The number of benzene rings is 5. The number of amides is 3. The van der Waals surface area contributed by atoms with Crippen LogP contribution < -0.4 is 29.6 Å². The maximum Gasteiger partial charge on any atom is 0.352 e. The second-order valence-electron chi connectivity index (χ2n) is 18.4. The summed E-state index contributed by atoms with van der Waals surface area (Å²) in [6.45, 7) is 2.03. The summed E-state index contributed by atoms with van der Waals surface area (Å²) in [5.41, 5.74) is 2.83. The Kier molecular flexibility index (Phi) is 13.7. The number of hydrogen-bond donors (Lipinski definition) is 4. The summed E-state index contributed by atoms with van der Waals surface area (Å²) < 4.78 is 29.8. The zero-order valence-corrected chi connectivity index (χ0v) is 41.5. The van der Waals surface area contributed by atoms with Crippen LogP contribution >= 0.6 is 11.8 Å². The molecule has 3 atom stereocenters. The Morgan fingerprint density at radius 3 is 2.17 bits per heavy atom. The number of carboxylic acids is 1. The highest BCUT2D eigenvalue weighted by Crippen LogP contribution is 2.64. The number of aliphatic carboxylic acids is 1. The minimum absolute atomic E-state index is 0.000134. The number of hydrogen-bond acceptors (Lipinski definition) is 15. The lowest BCUT2D eigenvalue weighted by atomic mass is 9.85. The van der Waals surface area contributed by atoms with E-state index >= 15 is 0 Å². The summed E-state index contributed by atoms with van der Waals surface area (Å²) in [4.78, 5) is 74.7. The van der Waals surface area contributed by atoms with Crippen molar-refractivity contribution in [1.29, 1.82) is 0 Å². The van der Waals surface area contributed by atoms with Gasteiger partial charge in [-0.15, -0.1) is 11.8 Å². The molecule has 20 nitrogen and oxygen atoms in total. The van der Waals surface area contributed by atoms with Crippen molar-refractivity contribution in [2.24, 2.45) is 0 Å². The van der Waals surface area contributed by atoms with E-state index in [9.17, 15) is 49.6 Å². The maximum absolute atomic E-state index is 13.8. The second-order valence-corrected chi connectivity index (χ2v) is 19.9. The van der Waals surface area contributed by atoms with Crippen molar-refractivity contribution in [3.05, 3.63) is 204 Å². The van der Waals surface area contributed by atoms with E-state index in [0.717, 1.165) is 57.2 Å². The van der Waals surface area contributed by atoms with E-state index < -0.39 is 66.9 Å². The lowest BCUT2D eigenvalue weighted by Crippen LogP contribution is -2.81. The molecule has 0 bridgehead atoms. The topological polar surface area (TPSA) is 268 Å². The van der Waals surface area contributed by atoms with Gasteiger partial charge < -0.3 is 44.5 Å². The molecule has 1 saturated heterocycles. The number of nitrogens with one attached hydrogen (secondary N) is 2. The Morgan fingerprint density at radius 1 is 0.842 bits per heavy atom. The minimum atomic E-state index is -1.72. The zero-order chi connectivity index (χ0) is 53.5. The van der Waals surface area contributed by atoms with E-state index in [4.69, 9.17) is 23.7 Å². The van der Waals surface area contributed by atoms with Crippen molar-refractivity contribution in [3.8, 4) is 23.0 Å². The highest BCUT2D eigenvalue weighted by atomic mass is 32.2. The van der Waals surface area contributed by atoms with Crippen LogP contribution in [0, 0.1) is 27.2 Å². The van der Waals surface area contributed by atoms with E-state index in [2.05, 4.69) is 10.6 Å². The van der Waals surface area contributed by atoms with Gasteiger partial charge in [-0.25, -0.2) is 4.79 Å². The number of β-lactam (4-membered cyclic amide) rings is 1. The van der Waals surface area contributed by atoms with Crippen molar-refractivity contribution >= 4 is 52.4 Å². The highest BCUT2D eigenvalue weighted by Gasteiger charge is 2.71. The lowest BCUT2D eigenvalue weighted by molar-refractivity contribution is -0.394. The molecule has 4 N–H and O–H groups in total. The van der Waals surface area contributed by atoms with E-state index in [0.29, 0.717) is 47.2 Å². The first-order valence-electron chi connectivity index (χ1n) is 23.9. The molecule has 0 radical (unpaired) electrons. The summed E-state index contributed by atoms with van der Waals surface area (Å²) >= 11 is 1.40. The number of aliphatic hydroxyl groups excluding tert-OH is 1. The van der Waals surface area contributed by atoms with Gasteiger partial charge in [-0.2, -0.15) is 0 Å². The molecule has 3 amide bonds. The average Bonchev–Trinajstić information content (AvgIpc) is 4.30. The molecule has 21 heteroatoms. The SMILES string of the molecule is CO[C@@]1(NC(=O)Cc2ccccc2)C(=O)N2C(C(=O)O)=C(COc3ccc(COc4ccc5c(c4)OC4=CC(O)C=CC4=C5c4ccc(OCCNC(=O)c5cc([N+](=O)[O-])cc([N+](=O)[O-])c5)cc4C)cc3)C3(CC3)S[C@@H]21. The van der Waals surface area contributed by atoms with Gasteiger partial charge in [-0.1, -0.05) is 60.7 Å². The number of carbonyl (C=O) groups is 4. The third-order valence-corrected chi connectivity index (χ3v) is 15.3. The number of aryl methyl sites for hydroxylation is 1. The molecule has 1 unspecified atom stereocenters.